The zero-order chi connectivity index (χ0) is 13.7. The van der Waals surface area contributed by atoms with Crippen LogP contribution in [-0.2, 0) is 14.3 Å². The van der Waals surface area contributed by atoms with Crippen LogP contribution < -0.4 is 0 Å². The molecule has 0 aromatic carbocycles. The quantitative estimate of drug-likeness (QED) is 0.710. The van der Waals surface area contributed by atoms with Crippen LogP contribution in [0.3, 0.4) is 0 Å². The van der Waals surface area contributed by atoms with E-state index in [1.54, 1.807) is 0 Å². The Morgan fingerprint density at radius 3 is 2.37 bits per heavy atom. The van der Waals surface area contributed by atoms with Crippen LogP contribution in [0, 0.1) is 10.8 Å². The van der Waals surface area contributed by atoms with Crippen LogP contribution in [0.2, 0.25) is 0 Å². The Labute approximate surface area is 116 Å². The molecule has 0 atom stereocenters. The predicted octanol–water partition coefficient (Wildman–Crippen LogP) is 3.11. The molecule has 0 aliphatic heterocycles. The summed E-state index contributed by atoms with van der Waals surface area (Å²) in [5.41, 5.74) is 0.981. The van der Waals surface area contributed by atoms with Crippen LogP contribution in [-0.4, -0.2) is 30.7 Å². The summed E-state index contributed by atoms with van der Waals surface area (Å²) in [6.07, 6.45) is 7.33. The Morgan fingerprint density at radius 1 is 1.21 bits per heavy atom. The molecule has 108 valence electrons. The standard InChI is InChI=1S/C16H26O3/c1-11(2)19-14-4-13(5-14)18-7-12(17)6-16-8-15(3,9-16)10-16/h11,13-14H,4-10H2,1-3H3. The average molecular weight is 266 g/mol. The molecule has 0 unspecified atom stereocenters. The van der Waals surface area contributed by atoms with E-state index >= 15 is 0 Å². The van der Waals surface area contributed by atoms with Gasteiger partial charge in [0.2, 0.25) is 0 Å². The molecule has 0 heterocycles. The van der Waals surface area contributed by atoms with Gasteiger partial charge in [-0.3, -0.25) is 4.79 Å². The molecule has 4 rings (SSSR count). The van der Waals surface area contributed by atoms with Crippen LogP contribution in [0.25, 0.3) is 0 Å². The van der Waals surface area contributed by atoms with Crippen molar-refractivity contribution in [2.45, 2.75) is 77.6 Å². The third-order valence-electron chi connectivity index (χ3n) is 4.97. The molecular weight excluding hydrogens is 240 g/mol. The van der Waals surface area contributed by atoms with Gasteiger partial charge in [-0.1, -0.05) is 6.92 Å². The van der Waals surface area contributed by atoms with Gasteiger partial charge in [-0.25, -0.2) is 0 Å². The van der Waals surface area contributed by atoms with Crippen LogP contribution >= 0.6 is 0 Å². The molecule has 0 radical (unpaired) electrons. The zero-order valence-electron chi connectivity index (χ0n) is 12.4. The summed E-state index contributed by atoms with van der Waals surface area (Å²) >= 11 is 0. The van der Waals surface area contributed by atoms with Crippen molar-refractivity contribution in [2.24, 2.45) is 10.8 Å². The molecule has 2 bridgehead atoms. The molecule has 4 saturated carbocycles. The average Bonchev–Trinajstić information content (AvgIpc) is 2.16. The van der Waals surface area contributed by atoms with E-state index in [1.807, 2.05) is 0 Å². The maximum Gasteiger partial charge on any atom is 0.159 e. The zero-order valence-corrected chi connectivity index (χ0v) is 12.4. The minimum atomic E-state index is 0.248. The molecule has 0 amide bonds. The number of ether oxygens (including phenoxy) is 2. The second-order valence-electron chi connectivity index (χ2n) is 7.77. The van der Waals surface area contributed by atoms with Gasteiger partial charge in [0, 0.05) is 6.42 Å². The first-order valence-electron chi connectivity index (χ1n) is 7.67. The van der Waals surface area contributed by atoms with E-state index < -0.39 is 0 Å². The van der Waals surface area contributed by atoms with Gasteiger partial charge >= 0.3 is 0 Å². The summed E-state index contributed by atoms with van der Waals surface area (Å²) < 4.78 is 11.4. The molecule has 0 aromatic rings. The Kier molecular flexibility index (Phi) is 3.25. The fourth-order valence-electron chi connectivity index (χ4n) is 4.58. The Balaban J connectivity index is 1.28. The number of ketones is 1. The van der Waals surface area contributed by atoms with Crippen molar-refractivity contribution in [3.63, 3.8) is 0 Å². The van der Waals surface area contributed by atoms with Gasteiger partial charge in [-0.2, -0.15) is 0 Å². The van der Waals surface area contributed by atoms with Gasteiger partial charge in [0.15, 0.2) is 5.78 Å². The van der Waals surface area contributed by atoms with E-state index in [9.17, 15) is 4.79 Å². The third kappa shape index (κ3) is 2.73. The molecule has 4 aliphatic carbocycles. The molecule has 3 heteroatoms. The highest BCUT2D eigenvalue weighted by molar-refractivity contribution is 5.81. The van der Waals surface area contributed by atoms with Crippen molar-refractivity contribution in [1.29, 1.82) is 0 Å². The normalized spacial score (nSPS) is 43.4. The van der Waals surface area contributed by atoms with Gasteiger partial charge < -0.3 is 9.47 Å². The number of hydrogen-bond donors (Lipinski definition) is 0. The van der Waals surface area contributed by atoms with Crippen molar-refractivity contribution in [2.75, 3.05) is 6.61 Å². The lowest BCUT2D eigenvalue weighted by Crippen LogP contribution is -2.60. The number of carbonyl (C=O) groups excluding carboxylic acids is 1. The maximum atomic E-state index is 11.9. The molecule has 19 heavy (non-hydrogen) atoms. The second-order valence-corrected chi connectivity index (χ2v) is 7.77. The Bertz CT molecular complexity index is 348. The number of carbonyl (C=O) groups is 1. The van der Waals surface area contributed by atoms with Gasteiger partial charge in [-0.15, -0.1) is 0 Å². The first-order chi connectivity index (χ1) is 8.88. The highest BCUT2D eigenvalue weighted by atomic mass is 16.5. The highest BCUT2D eigenvalue weighted by Crippen LogP contribution is 2.74. The lowest BCUT2D eigenvalue weighted by Gasteiger charge is -2.70. The van der Waals surface area contributed by atoms with Crippen molar-refractivity contribution in [3.8, 4) is 0 Å². The van der Waals surface area contributed by atoms with Crippen molar-refractivity contribution in [3.05, 3.63) is 0 Å². The predicted molar refractivity (Wildman–Crippen MR) is 73.0 cm³/mol. The van der Waals surface area contributed by atoms with E-state index in [1.165, 1.54) is 19.3 Å². The molecular formula is C16H26O3. The molecule has 0 saturated heterocycles. The monoisotopic (exact) mass is 266 g/mol. The smallest absolute Gasteiger partial charge is 0.159 e. The van der Waals surface area contributed by atoms with E-state index in [-0.39, 0.29) is 6.10 Å². The molecule has 3 nitrogen and oxygen atoms in total. The maximum absolute atomic E-state index is 11.9. The van der Waals surface area contributed by atoms with Crippen molar-refractivity contribution >= 4 is 5.78 Å². The molecule has 4 fully saturated rings. The van der Waals surface area contributed by atoms with Crippen LogP contribution in [0.15, 0.2) is 0 Å². The van der Waals surface area contributed by atoms with Crippen LogP contribution in [0.4, 0.5) is 0 Å². The van der Waals surface area contributed by atoms with Crippen molar-refractivity contribution in [1.82, 2.24) is 0 Å². The van der Waals surface area contributed by atoms with E-state index in [4.69, 9.17) is 9.47 Å². The van der Waals surface area contributed by atoms with E-state index in [2.05, 4.69) is 20.8 Å². The summed E-state index contributed by atoms with van der Waals surface area (Å²) in [7, 11) is 0. The summed E-state index contributed by atoms with van der Waals surface area (Å²) in [4.78, 5) is 11.9. The van der Waals surface area contributed by atoms with Gasteiger partial charge in [-0.05, 0) is 56.8 Å². The third-order valence-corrected chi connectivity index (χ3v) is 4.97. The minimum absolute atomic E-state index is 0.248. The number of hydrogen-bond acceptors (Lipinski definition) is 3. The van der Waals surface area contributed by atoms with Gasteiger partial charge in [0.25, 0.3) is 0 Å². The van der Waals surface area contributed by atoms with Crippen LogP contribution in [0.1, 0.15) is 59.3 Å². The first kappa shape index (κ1) is 13.6. The summed E-state index contributed by atoms with van der Waals surface area (Å²) in [5, 5.41) is 0. The Morgan fingerprint density at radius 2 is 1.84 bits per heavy atom. The number of Topliss-reactive ketones (excluding diaryl/α,β-unsaturated/α-hetero) is 1. The highest BCUT2D eigenvalue weighted by Gasteiger charge is 2.64. The van der Waals surface area contributed by atoms with E-state index in [0.717, 1.165) is 19.3 Å². The van der Waals surface area contributed by atoms with Gasteiger partial charge in [0.1, 0.15) is 6.61 Å². The number of rotatable bonds is 7. The molecule has 0 spiro atoms. The molecule has 0 aromatic heterocycles. The first-order valence-corrected chi connectivity index (χ1v) is 7.67. The van der Waals surface area contributed by atoms with E-state index in [0.29, 0.717) is 35.4 Å². The largest absolute Gasteiger partial charge is 0.375 e. The van der Waals surface area contributed by atoms with Crippen LogP contribution in [0.5, 0.6) is 0 Å². The SMILES string of the molecule is CC(C)OC1CC(OCC(=O)CC23CC(C)(C2)C3)C1. The fraction of sp³-hybridized carbons (Fsp3) is 0.938. The molecule has 4 aliphatic rings. The molecule has 0 N–H and O–H groups in total. The van der Waals surface area contributed by atoms with Crippen molar-refractivity contribution < 1.29 is 14.3 Å². The lowest BCUT2D eigenvalue weighted by atomic mass is 9.35. The Hall–Kier alpha value is -0.410. The van der Waals surface area contributed by atoms with Gasteiger partial charge in [0.05, 0.1) is 18.3 Å². The summed E-state index contributed by atoms with van der Waals surface area (Å²) in [6.45, 7) is 6.76. The second kappa shape index (κ2) is 4.56. The lowest BCUT2D eigenvalue weighted by molar-refractivity contribution is -0.198. The fourth-order valence-corrected chi connectivity index (χ4v) is 4.58. The minimum Gasteiger partial charge on any atom is -0.375 e. The summed E-state index contributed by atoms with van der Waals surface area (Å²) in [5.74, 6) is 0.301. The topological polar surface area (TPSA) is 35.5 Å². The summed E-state index contributed by atoms with van der Waals surface area (Å²) in [6, 6.07) is 0.